The monoisotopic (exact) mass is 228 g/mol. The molecule has 4 heteroatoms. The van der Waals surface area contributed by atoms with Gasteiger partial charge in [-0.3, -0.25) is 0 Å². The summed E-state index contributed by atoms with van der Waals surface area (Å²) < 4.78 is 5.69. The summed E-state index contributed by atoms with van der Waals surface area (Å²) in [5.74, 6) is 0.0151. The van der Waals surface area contributed by atoms with Gasteiger partial charge in [-0.15, -0.1) is 13.2 Å². The van der Waals surface area contributed by atoms with Crippen LogP contribution in [0.15, 0.2) is 0 Å². The van der Waals surface area contributed by atoms with E-state index in [0.717, 1.165) is 12.6 Å². The predicted molar refractivity (Wildman–Crippen MR) is 69.6 cm³/mol. The fourth-order valence-electron chi connectivity index (χ4n) is 1.96. The maximum atomic E-state index is 10.1. The van der Waals surface area contributed by atoms with E-state index in [2.05, 4.69) is 19.6 Å². The average molecular weight is 228 g/mol. The zero-order valence-corrected chi connectivity index (χ0v) is 11.1. The Morgan fingerprint density at radius 1 is 1.53 bits per heavy atom. The summed E-state index contributed by atoms with van der Waals surface area (Å²) in [7, 11) is 5.79. The van der Waals surface area contributed by atoms with Crippen LogP contribution in [-0.2, 0) is 4.74 Å². The summed E-state index contributed by atoms with van der Waals surface area (Å²) in [6, 6.07) is -0.337. The molecule has 4 atom stereocenters. The quantitative estimate of drug-likeness (QED) is 0.583. The van der Waals surface area contributed by atoms with E-state index in [9.17, 15) is 5.11 Å². The Hall–Kier alpha value is 0.285. The Kier molecular flexibility index (Phi) is 3.80. The second-order valence-corrected chi connectivity index (χ2v) is 9.93. The van der Waals surface area contributed by atoms with Gasteiger partial charge >= 0.3 is 0 Å². The van der Waals surface area contributed by atoms with Crippen molar-refractivity contribution in [2.75, 3.05) is 19.5 Å². The predicted octanol–water partition coefficient (Wildman–Crippen LogP) is 1.37. The lowest BCUT2D eigenvalue weighted by Crippen LogP contribution is -2.38. The molecule has 0 spiro atoms. The number of rotatable bonds is 3. The molecule has 0 aliphatic carbocycles. The first-order valence-corrected chi connectivity index (χ1v) is 8.50. The minimum absolute atomic E-state index is 0.0151. The van der Waals surface area contributed by atoms with E-state index in [4.69, 9.17) is 12.6 Å². The Bertz CT molecular complexity index is 276. The Balaban J connectivity index is 2.64. The Morgan fingerprint density at radius 2 is 2.07 bits per heavy atom. The van der Waals surface area contributed by atoms with Gasteiger partial charge in [0.25, 0.3) is 0 Å². The molecular formula is C11H22BO2P. The molecule has 1 rings (SSSR count). The molecule has 2 nitrogen and oxygen atoms in total. The van der Waals surface area contributed by atoms with Gasteiger partial charge in [0.2, 0.25) is 0 Å². The van der Waals surface area contributed by atoms with E-state index in [-0.39, 0.29) is 11.9 Å². The first-order valence-electron chi connectivity index (χ1n) is 5.44. The fourth-order valence-corrected chi connectivity index (χ4v) is 3.00. The summed E-state index contributed by atoms with van der Waals surface area (Å²) >= 11 is 0. The van der Waals surface area contributed by atoms with E-state index in [1.807, 2.05) is 13.8 Å². The van der Waals surface area contributed by atoms with Crippen molar-refractivity contribution in [3.05, 3.63) is 0 Å². The number of ether oxygens (including phenoxy) is 1. The van der Waals surface area contributed by atoms with Crippen LogP contribution in [-0.4, -0.2) is 56.5 Å². The first-order chi connectivity index (χ1) is 6.66. The van der Waals surface area contributed by atoms with Gasteiger partial charge in [-0.1, -0.05) is 6.92 Å². The van der Waals surface area contributed by atoms with Crippen LogP contribution in [0.3, 0.4) is 0 Å². The number of aliphatic hydroxyl groups is 1. The van der Waals surface area contributed by atoms with Gasteiger partial charge in [0.05, 0.1) is 11.7 Å². The third-order valence-corrected chi connectivity index (χ3v) is 4.69. The maximum absolute atomic E-state index is 10.1. The van der Waals surface area contributed by atoms with Crippen molar-refractivity contribution in [3.63, 3.8) is 0 Å². The molecule has 1 N–H and O–H groups in total. The molecule has 0 aromatic heterocycles. The molecule has 0 aromatic carbocycles. The van der Waals surface area contributed by atoms with Gasteiger partial charge in [-0.25, -0.2) is 0 Å². The molecule has 0 bridgehead atoms. The van der Waals surface area contributed by atoms with Gasteiger partial charge in [-0.2, -0.15) is 0 Å². The smallest absolute Gasteiger partial charge is 0.109 e. The number of hydrogen-bond acceptors (Lipinski definition) is 2. The van der Waals surface area contributed by atoms with Crippen molar-refractivity contribution in [3.8, 4) is 0 Å². The van der Waals surface area contributed by atoms with E-state index < -0.39 is 18.6 Å². The van der Waals surface area contributed by atoms with Crippen molar-refractivity contribution < 1.29 is 9.84 Å². The molecule has 1 heterocycles. The van der Waals surface area contributed by atoms with Crippen molar-refractivity contribution >= 4 is 21.0 Å². The highest BCUT2D eigenvalue weighted by Crippen LogP contribution is 2.42. The fraction of sp³-hybridized carbons (Fsp3) is 0.909. The number of hydrogen-bond donors (Lipinski definition) is 1. The Labute approximate surface area is 94.8 Å². The molecule has 86 valence electrons. The Morgan fingerprint density at radius 3 is 2.40 bits per heavy atom. The zero-order chi connectivity index (χ0) is 11.9. The second kappa shape index (κ2) is 4.27. The number of aliphatic hydroxyl groups excluding tert-OH is 1. The van der Waals surface area contributed by atoms with E-state index in [1.54, 1.807) is 0 Å². The van der Waals surface area contributed by atoms with E-state index in [0.29, 0.717) is 0 Å². The molecule has 0 amide bonds. The lowest BCUT2D eigenvalue weighted by atomic mass is 9.83. The van der Waals surface area contributed by atoms with Crippen LogP contribution in [0.1, 0.15) is 20.3 Å². The topological polar surface area (TPSA) is 29.5 Å². The van der Waals surface area contributed by atoms with Crippen molar-refractivity contribution in [2.24, 2.45) is 5.92 Å². The minimum atomic E-state index is -1.06. The van der Waals surface area contributed by atoms with Crippen LogP contribution < -0.4 is 0 Å². The van der Waals surface area contributed by atoms with Crippen LogP contribution in [0.25, 0.3) is 0 Å². The van der Waals surface area contributed by atoms with Crippen molar-refractivity contribution in [1.29, 1.82) is 0 Å². The molecule has 1 saturated heterocycles. The standard InChI is InChI=1S/C11H22BO2P/c1-8-9(13)11(2,14-10(8)12)6-7-15(3,4)5/h8-10,13H,3,6-7H2,1-2,4-5H3/t8-,9+,10-,11-/m1/s1. The molecule has 0 aromatic rings. The highest BCUT2D eigenvalue weighted by Gasteiger charge is 2.46. The van der Waals surface area contributed by atoms with Crippen molar-refractivity contribution in [1.82, 2.24) is 0 Å². The normalized spacial score (nSPS) is 42.1. The van der Waals surface area contributed by atoms with Gasteiger partial charge in [0, 0.05) is 11.9 Å². The highest BCUT2D eigenvalue weighted by atomic mass is 31.2. The largest absolute Gasteiger partial charge is 0.390 e. The molecule has 15 heavy (non-hydrogen) atoms. The molecule has 1 aliphatic heterocycles. The third kappa shape index (κ3) is 3.12. The zero-order valence-electron chi connectivity index (χ0n) is 10.2. The molecule has 1 aliphatic rings. The lowest BCUT2D eigenvalue weighted by molar-refractivity contribution is -0.0545. The third-order valence-electron chi connectivity index (χ3n) is 3.26. The van der Waals surface area contributed by atoms with E-state index in [1.165, 1.54) is 0 Å². The summed E-state index contributed by atoms with van der Waals surface area (Å²) in [5, 5.41) is 10.1. The maximum Gasteiger partial charge on any atom is 0.109 e. The molecule has 0 unspecified atom stereocenters. The van der Waals surface area contributed by atoms with Crippen LogP contribution in [0.5, 0.6) is 0 Å². The first kappa shape index (κ1) is 13.4. The minimum Gasteiger partial charge on any atom is -0.390 e. The van der Waals surface area contributed by atoms with E-state index >= 15 is 0 Å². The average Bonchev–Trinajstić information content (AvgIpc) is 2.27. The van der Waals surface area contributed by atoms with Crippen LogP contribution in [0.2, 0.25) is 0 Å². The van der Waals surface area contributed by atoms with Crippen LogP contribution in [0.4, 0.5) is 0 Å². The van der Waals surface area contributed by atoms with Crippen LogP contribution >= 0.6 is 6.89 Å². The molecule has 0 saturated carbocycles. The van der Waals surface area contributed by atoms with Gasteiger partial charge in [-0.05, 0) is 32.8 Å². The molecule has 2 radical (unpaired) electrons. The molecular weight excluding hydrogens is 206 g/mol. The SMILES string of the molecule is [B][C@@H]1O[C@](C)(CCP(=C)(C)C)[C@@H](O)[C@H]1C. The van der Waals surface area contributed by atoms with Gasteiger partial charge < -0.3 is 9.84 Å². The van der Waals surface area contributed by atoms with Crippen LogP contribution in [0, 0.1) is 5.92 Å². The van der Waals surface area contributed by atoms with Gasteiger partial charge in [0.1, 0.15) is 7.85 Å². The summed E-state index contributed by atoms with van der Waals surface area (Å²) in [6.07, 6.45) is 5.58. The summed E-state index contributed by atoms with van der Waals surface area (Å²) in [6.45, 7) is 7.22. The molecule has 1 fully saturated rings. The highest BCUT2D eigenvalue weighted by molar-refractivity contribution is 7.72. The second-order valence-electron chi connectivity index (χ2n) is 5.61. The van der Waals surface area contributed by atoms with Gasteiger partial charge in [0.15, 0.2) is 0 Å². The lowest BCUT2D eigenvalue weighted by Gasteiger charge is -2.30. The van der Waals surface area contributed by atoms with Crippen molar-refractivity contribution in [2.45, 2.75) is 38.0 Å². The summed E-state index contributed by atoms with van der Waals surface area (Å²) in [5.41, 5.74) is -0.478. The summed E-state index contributed by atoms with van der Waals surface area (Å²) in [4.78, 5) is 0.